The quantitative estimate of drug-likeness (QED) is 0.359. The number of hydrogen-bond donors (Lipinski definition) is 1. The summed E-state index contributed by atoms with van der Waals surface area (Å²) in [4.78, 5) is 8.15. The van der Waals surface area contributed by atoms with Crippen LogP contribution in [0.2, 0.25) is 5.15 Å². The molecule has 1 N–H and O–H groups in total. The van der Waals surface area contributed by atoms with Crippen LogP contribution in [0.5, 0.6) is 0 Å². The number of aromatic nitrogens is 2. The Kier molecular flexibility index (Phi) is 4.74. The maximum absolute atomic E-state index is 5.90. The molecule has 0 amide bonds. The van der Waals surface area contributed by atoms with Crippen molar-refractivity contribution in [1.29, 1.82) is 0 Å². The lowest BCUT2D eigenvalue weighted by atomic mass is 10.3. The van der Waals surface area contributed by atoms with E-state index < -0.39 is 0 Å². The van der Waals surface area contributed by atoms with Crippen LogP contribution in [-0.4, -0.2) is 29.8 Å². The summed E-state index contributed by atoms with van der Waals surface area (Å²) in [6.45, 7) is 0.626. The van der Waals surface area contributed by atoms with Crippen LogP contribution in [0.25, 0.3) is 0 Å². The maximum atomic E-state index is 5.90. The molecule has 0 aliphatic heterocycles. The van der Waals surface area contributed by atoms with Gasteiger partial charge in [-0.05, 0) is 13.3 Å². The first-order chi connectivity index (χ1) is 6.77. The molecule has 0 aromatic carbocycles. The molecular formula is C9H10ClN3S. The Morgan fingerprint density at radius 3 is 3.00 bits per heavy atom. The number of hydrogen-bond acceptors (Lipinski definition) is 4. The first-order valence-corrected chi connectivity index (χ1v) is 5.58. The molecule has 74 valence electrons. The number of thioether (sulfide) groups is 1. The number of nitrogens with one attached hydrogen (secondary N) is 1. The predicted molar refractivity (Wildman–Crippen MR) is 59.6 cm³/mol. The van der Waals surface area contributed by atoms with Gasteiger partial charge in [-0.2, -0.15) is 0 Å². The highest BCUT2D eigenvalue weighted by molar-refractivity contribution is 7.98. The summed E-state index contributed by atoms with van der Waals surface area (Å²) in [6.07, 6.45) is 3.54. The van der Waals surface area contributed by atoms with Crippen LogP contribution < -0.4 is 5.32 Å². The first kappa shape index (κ1) is 11.3. The van der Waals surface area contributed by atoms with Gasteiger partial charge in [0.25, 0.3) is 0 Å². The molecule has 0 saturated carbocycles. The van der Waals surface area contributed by atoms with Crippen molar-refractivity contribution in [2.45, 2.75) is 5.16 Å². The number of halogens is 1. The SMILES string of the molecule is CNCC#Cc1cnc(SC)nc1Cl. The van der Waals surface area contributed by atoms with E-state index in [-0.39, 0.29) is 0 Å². The minimum atomic E-state index is 0.410. The second-order valence-electron chi connectivity index (χ2n) is 2.39. The van der Waals surface area contributed by atoms with E-state index in [2.05, 4.69) is 27.1 Å². The molecule has 0 fully saturated rings. The van der Waals surface area contributed by atoms with Crippen LogP contribution in [0.15, 0.2) is 11.4 Å². The average Bonchev–Trinajstić information content (AvgIpc) is 2.20. The molecule has 0 aliphatic rings. The van der Waals surface area contributed by atoms with Crippen LogP contribution in [0.3, 0.4) is 0 Å². The molecule has 0 spiro atoms. The number of rotatable bonds is 2. The third kappa shape index (κ3) is 3.18. The van der Waals surface area contributed by atoms with Gasteiger partial charge in [0.15, 0.2) is 5.16 Å². The Morgan fingerprint density at radius 2 is 2.43 bits per heavy atom. The van der Waals surface area contributed by atoms with Gasteiger partial charge in [0.1, 0.15) is 5.15 Å². The van der Waals surface area contributed by atoms with Crippen molar-refractivity contribution in [3.8, 4) is 11.8 Å². The molecule has 1 aromatic rings. The van der Waals surface area contributed by atoms with Crippen LogP contribution >= 0.6 is 23.4 Å². The summed E-state index contributed by atoms with van der Waals surface area (Å²) < 4.78 is 0. The van der Waals surface area contributed by atoms with Gasteiger partial charge in [0, 0.05) is 6.20 Å². The van der Waals surface area contributed by atoms with Crippen molar-refractivity contribution in [2.75, 3.05) is 19.8 Å². The Morgan fingerprint density at radius 1 is 1.64 bits per heavy atom. The highest BCUT2D eigenvalue weighted by atomic mass is 35.5. The van der Waals surface area contributed by atoms with Crippen molar-refractivity contribution in [3.63, 3.8) is 0 Å². The average molecular weight is 228 g/mol. The molecule has 0 atom stereocenters. The monoisotopic (exact) mass is 227 g/mol. The van der Waals surface area contributed by atoms with Crippen molar-refractivity contribution in [2.24, 2.45) is 0 Å². The summed E-state index contributed by atoms with van der Waals surface area (Å²) in [5.41, 5.74) is 0.666. The van der Waals surface area contributed by atoms with E-state index in [9.17, 15) is 0 Å². The van der Waals surface area contributed by atoms with Gasteiger partial charge in [-0.25, -0.2) is 9.97 Å². The topological polar surface area (TPSA) is 37.8 Å². The van der Waals surface area contributed by atoms with E-state index in [4.69, 9.17) is 11.6 Å². The first-order valence-electron chi connectivity index (χ1n) is 3.98. The van der Waals surface area contributed by atoms with E-state index >= 15 is 0 Å². The van der Waals surface area contributed by atoms with Gasteiger partial charge in [-0.3, -0.25) is 0 Å². The minimum absolute atomic E-state index is 0.410. The Hall–Kier alpha value is -0.760. The Labute approximate surface area is 92.7 Å². The third-order valence-corrected chi connectivity index (χ3v) is 2.24. The molecule has 0 radical (unpaired) electrons. The van der Waals surface area contributed by atoms with Crippen molar-refractivity contribution in [3.05, 3.63) is 16.9 Å². The largest absolute Gasteiger partial charge is 0.309 e. The Bertz CT molecular complexity index is 370. The number of nitrogens with zero attached hydrogens (tertiary/aromatic N) is 2. The summed E-state index contributed by atoms with van der Waals surface area (Å²) in [5.74, 6) is 5.78. The lowest BCUT2D eigenvalue weighted by Gasteiger charge is -1.96. The molecule has 3 nitrogen and oxygen atoms in total. The van der Waals surface area contributed by atoms with Crippen LogP contribution in [0.4, 0.5) is 0 Å². The fourth-order valence-corrected chi connectivity index (χ4v) is 1.32. The zero-order valence-corrected chi connectivity index (χ0v) is 9.54. The molecule has 0 unspecified atom stereocenters. The lowest BCUT2D eigenvalue weighted by molar-refractivity contribution is 0.937. The molecule has 0 bridgehead atoms. The second kappa shape index (κ2) is 5.86. The van der Waals surface area contributed by atoms with Crippen molar-refractivity contribution >= 4 is 23.4 Å². The van der Waals surface area contributed by atoms with Crippen LogP contribution in [0, 0.1) is 11.8 Å². The third-order valence-electron chi connectivity index (χ3n) is 1.39. The summed E-state index contributed by atoms with van der Waals surface area (Å²) in [5, 5.41) is 3.99. The maximum Gasteiger partial charge on any atom is 0.188 e. The van der Waals surface area contributed by atoms with Gasteiger partial charge in [0.05, 0.1) is 12.1 Å². The zero-order valence-electron chi connectivity index (χ0n) is 7.97. The van der Waals surface area contributed by atoms with E-state index in [1.54, 1.807) is 6.20 Å². The summed E-state index contributed by atoms with van der Waals surface area (Å²) in [6, 6.07) is 0. The van der Waals surface area contributed by atoms with E-state index in [0.29, 0.717) is 22.4 Å². The fraction of sp³-hybridized carbons (Fsp3) is 0.333. The summed E-state index contributed by atoms with van der Waals surface area (Å²) >= 11 is 7.35. The van der Waals surface area contributed by atoms with Gasteiger partial charge in [-0.1, -0.05) is 35.2 Å². The molecular weight excluding hydrogens is 218 g/mol. The van der Waals surface area contributed by atoms with E-state index in [0.717, 1.165) is 0 Å². The van der Waals surface area contributed by atoms with Gasteiger partial charge in [0.2, 0.25) is 0 Å². The van der Waals surface area contributed by atoms with E-state index in [1.807, 2.05) is 13.3 Å². The van der Waals surface area contributed by atoms with Gasteiger partial charge >= 0.3 is 0 Å². The standard InChI is InChI=1S/C9H10ClN3S/c1-11-5-3-4-7-6-12-9(14-2)13-8(7)10/h6,11H,5H2,1-2H3. The zero-order chi connectivity index (χ0) is 10.4. The normalized spacial score (nSPS) is 9.36. The fourth-order valence-electron chi connectivity index (χ4n) is 0.756. The molecule has 0 aliphatic carbocycles. The van der Waals surface area contributed by atoms with Crippen molar-refractivity contribution in [1.82, 2.24) is 15.3 Å². The highest BCUT2D eigenvalue weighted by Crippen LogP contribution is 2.15. The van der Waals surface area contributed by atoms with Crippen LogP contribution in [-0.2, 0) is 0 Å². The molecule has 5 heteroatoms. The lowest BCUT2D eigenvalue weighted by Crippen LogP contribution is -2.04. The van der Waals surface area contributed by atoms with Crippen LogP contribution in [0.1, 0.15) is 5.56 Å². The summed E-state index contributed by atoms with van der Waals surface area (Å²) in [7, 11) is 1.84. The predicted octanol–water partition coefficient (Wildman–Crippen LogP) is 1.42. The molecule has 1 aromatic heterocycles. The smallest absolute Gasteiger partial charge is 0.188 e. The molecule has 1 heterocycles. The molecule has 14 heavy (non-hydrogen) atoms. The van der Waals surface area contributed by atoms with Crippen molar-refractivity contribution < 1.29 is 0 Å². The second-order valence-corrected chi connectivity index (χ2v) is 3.52. The molecule has 1 rings (SSSR count). The Balaban J connectivity index is 2.85. The highest BCUT2D eigenvalue weighted by Gasteiger charge is 2.00. The minimum Gasteiger partial charge on any atom is -0.309 e. The molecule has 0 saturated heterocycles. The van der Waals surface area contributed by atoms with E-state index in [1.165, 1.54) is 11.8 Å². The van der Waals surface area contributed by atoms with Gasteiger partial charge < -0.3 is 5.32 Å². The van der Waals surface area contributed by atoms with Gasteiger partial charge in [-0.15, -0.1) is 0 Å².